The van der Waals surface area contributed by atoms with Gasteiger partial charge in [-0.05, 0) is 34.5 Å². The van der Waals surface area contributed by atoms with Gasteiger partial charge >= 0.3 is 37.9 Å². The molecule has 0 N–H and O–H groups in total. The van der Waals surface area contributed by atoms with Gasteiger partial charge in [0.05, 0.1) is 0 Å². The van der Waals surface area contributed by atoms with Crippen LogP contribution in [0.15, 0.2) is 72.8 Å². The molecule has 0 fully saturated rings. The molecule has 212 valence electrons. The van der Waals surface area contributed by atoms with Gasteiger partial charge in [0.2, 0.25) is 0 Å². The van der Waals surface area contributed by atoms with Crippen molar-refractivity contribution < 1.29 is 20.8 Å². The Bertz CT molecular complexity index is 1170. The summed E-state index contributed by atoms with van der Waals surface area (Å²) in [6.45, 7) is 23.8. The Kier molecular flexibility index (Phi) is 14.4. The predicted octanol–water partition coefficient (Wildman–Crippen LogP) is 11.9. The Morgan fingerprint density at radius 1 is 0.692 bits per heavy atom. The molecular weight excluding hydrogens is 632 g/mol. The zero-order valence-electron chi connectivity index (χ0n) is 25.6. The maximum atomic E-state index is 4.93. The number of halogens is 2. The van der Waals surface area contributed by atoms with Gasteiger partial charge in [-0.1, -0.05) is 97.2 Å². The van der Waals surface area contributed by atoms with E-state index in [-0.39, 0.29) is 15.8 Å². The fraction of sp³-hybridized carbons (Fsp3) is 0.471. The van der Waals surface area contributed by atoms with E-state index >= 15 is 0 Å². The molecule has 4 aromatic rings. The van der Waals surface area contributed by atoms with Gasteiger partial charge in [0, 0.05) is 0 Å². The minimum atomic E-state index is -0.826. The zero-order chi connectivity index (χ0) is 29.4. The SMILES string of the molecule is CC(C)(C)P(c1cc2ccccc2[cH-]1)C(C)(C)C.CCC(C)P(c1cc2ccccc2[cH-]1)C(C)CC.[Cl][Zr+2][Cl]. The van der Waals surface area contributed by atoms with Gasteiger partial charge in [-0.25, -0.2) is 0 Å². The fourth-order valence-electron chi connectivity index (χ4n) is 5.66. The maximum absolute atomic E-state index is 4.93. The van der Waals surface area contributed by atoms with E-state index < -0.39 is 20.8 Å². The van der Waals surface area contributed by atoms with Crippen LogP contribution < -0.4 is 10.6 Å². The summed E-state index contributed by atoms with van der Waals surface area (Å²) in [6.07, 6.45) is 2.58. The second kappa shape index (κ2) is 16.0. The Labute approximate surface area is 260 Å². The molecular formula is C34H48Cl2P2Zr. The Hall–Kier alpha value is -0.0169. The molecule has 0 aliphatic rings. The van der Waals surface area contributed by atoms with Gasteiger partial charge in [0.15, 0.2) is 0 Å². The third kappa shape index (κ3) is 10.0. The van der Waals surface area contributed by atoms with Crippen molar-refractivity contribution in [2.45, 2.75) is 104 Å². The summed E-state index contributed by atoms with van der Waals surface area (Å²) < 4.78 is 0. The van der Waals surface area contributed by atoms with E-state index in [1.165, 1.54) is 34.4 Å². The van der Waals surface area contributed by atoms with Crippen LogP contribution in [0.3, 0.4) is 0 Å². The van der Waals surface area contributed by atoms with Crippen LogP contribution in [0.25, 0.3) is 21.5 Å². The molecule has 0 saturated carbocycles. The van der Waals surface area contributed by atoms with Gasteiger partial charge in [-0.2, -0.15) is 12.1 Å². The van der Waals surface area contributed by atoms with Crippen LogP contribution in [-0.2, 0) is 20.8 Å². The fourth-order valence-corrected chi connectivity index (χ4v) is 13.0. The first-order valence-corrected chi connectivity index (χ1v) is 23.3. The van der Waals surface area contributed by atoms with Crippen LogP contribution in [0.1, 0.15) is 82.1 Å². The summed E-state index contributed by atoms with van der Waals surface area (Å²) >= 11 is -0.826. The minimum absolute atomic E-state index is 0.0252. The van der Waals surface area contributed by atoms with E-state index in [1.54, 1.807) is 10.6 Å². The normalized spacial score (nSPS) is 14.2. The van der Waals surface area contributed by atoms with Gasteiger partial charge in [0.25, 0.3) is 0 Å². The molecule has 4 aromatic carbocycles. The van der Waals surface area contributed by atoms with E-state index in [0.717, 1.165) is 11.3 Å². The van der Waals surface area contributed by atoms with Crippen molar-refractivity contribution in [2.24, 2.45) is 0 Å². The van der Waals surface area contributed by atoms with Crippen LogP contribution in [-0.4, -0.2) is 21.6 Å². The van der Waals surface area contributed by atoms with Crippen molar-refractivity contribution in [3.8, 4) is 0 Å². The molecule has 2 unspecified atom stereocenters. The van der Waals surface area contributed by atoms with Crippen molar-refractivity contribution in [1.29, 1.82) is 0 Å². The van der Waals surface area contributed by atoms with Crippen LogP contribution in [0.2, 0.25) is 0 Å². The molecule has 39 heavy (non-hydrogen) atoms. The summed E-state index contributed by atoms with van der Waals surface area (Å²) in [5.41, 5.74) is 1.65. The third-order valence-corrected chi connectivity index (χ3v) is 14.2. The van der Waals surface area contributed by atoms with E-state index in [0.29, 0.717) is 10.3 Å². The number of hydrogen-bond acceptors (Lipinski definition) is 0. The monoisotopic (exact) mass is 678 g/mol. The molecule has 0 heterocycles. The van der Waals surface area contributed by atoms with Crippen molar-refractivity contribution in [3.05, 3.63) is 72.8 Å². The van der Waals surface area contributed by atoms with Crippen LogP contribution in [0, 0.1) is 0 Å². The topological polar surface area (TPSA) is 0 Å². The Balaban J connectivity index is 0.000000249. The summed E-state index contributed by atoms with van der Waals surface area (Å²) in [7, 11) is 9.66. The second-order valence-corrected chi connectivity index (χ2v) is 23.1. The molecule has 2 atom stereocenters. The predicted molar refractivity (Wildman–Crippen MR) is 183 cm³/mol. The summed E-state index contributed by atoms with van der Waals surface area (Å²) in [6, 6.07) is 27.1. The molecule has 0 aromatic heterocycles. The first-order chi connectivity index (χ1) is 18.3. The molecule has 0 aliphatic carbocycles. The summed E-state index contributed by atoms with van der Waals surface area (Å²) in [5.74, 6) is 0. The van der Waals surface area contributed by atoms with Gasteiger partial charge in [-0.3, -0.25) is 0 Å². The average Bonchev–Trinajstić information content (AvgIpc) is 3.46. The quantitative estimate of drug-likeness (QED) is 0.140. The van der Waals surface area contributed by atoms with E-state index in [9.17, 15) is 0 Å². The number of rotatable bonds is 6. The Morgan fingerprint density at radius 2 is 1.05 bits per heavy atom. The third-order valence-electron chi connectivity index (χ3n) is 7.23. The van der Waals surface area contributed by atoms with Crippen molar-refractivity contribution in [2.75, 3.05) is 0 Å². The van der Waals surface area contributed by atoms with E-state index in [4.69, 9.17) is 17.0 Å². The summed E-state index contributed by atoms with van der Waals surface area (Å²) in [4.78, 5) is 0. The van der Waals surface area contributed by atoms with Crippen LogP contribution in [0.4, 0.5) is 0 Å². The molecule has 0 aliphatic heterocycles. The van der Waals surface area contributed by atoms with Gasteiger partial charge in [0.1, 0.15) is 0 Å². The molecule has 0 amide bonds. The standard InChI is InChI=1S/2C17H24P.2ClH.Zr/c1-16(2,3)18(17(4,5)6)15-11-13-9-7-8-10-14(13)12-15;1-5-13(3)18(14(4)6-2)17-11-15-9-7-8-10-16(15)12-17;;;/h7-12H,1-6H3;7-14H,5-6H2,1-4H3;2*1H;/q2*-1;;;+4/p-2. The molecule has 0 bridgehead atoms. The zero-order valence-corrected chi connectivity index (χ0v) is 31.4. The van der Waals surface area contributed by atoms with Crippen molar-refractivity contribution in [1.82, 2.24) is 0 Å². The summed E-state index contributed by atoms with van der Waals surface area (Å²) in [5, 5.41) is 9.43. The second-order valence-electron chi connectivity index (χ2n) is 12.4. The van der Waals surface area contributed by atoms with Crippen molar-refractivity contribution >= 4 is 65.0 Å². The van der Waals surface area contributed by atoms with Gasteiger partial charge in [-0.15, -0.1) is 80.7 Å². The first kappa shape index (κ1) is 35.2. The number of fused-ring (bicyclic) bond motifs is 2. The Morgan fingerprint density at radius 3 is 1.41 bits per heavy atom. The van der Waals surface area contributed by atoms with E-state index in [1.807, 2.05) is 0 Å². The molecule has 0 spiro atoms. The number of hydrogen-bond donors (Lipinski definition) is 0. The molecule has 0 radical (unpaired) electrons. The number of benzene rings is 2. The van der Waals surface area contributed by atoms with Crippen LogP contribution >= 0.6 is 32.9 Å². The molecule has 0 saturated heterocycles. The first-order valence-electron chi connectivity index (χ1n) is 14.1. The molecule has 4 rings (SSSR count). The molecule has 5 heteroatoms. The molecule has 0 nitrogen and oxygen atoms in total. The average molecular weight is 681 g/mol. The van der Waals surface area contributed by atoms with Crippen molar-refractivity contribution in [3.63, 3.8) is 0 Å². The van der Waals surface area contributed by atoms with E-state index in [2.05, 4.69) is 142 Å². The van der Waals surface area contributed by atoms with Crippen LogP contribution in [0.5, 0.6) is 0 Å². The van der Waals surface area contributed by atoms with Gasteiger partial charge < -0.3 is 0 Å².